The number of carbonyl (C=O) groups excluding carboxylic acids is 2. The smallest absolute Gasteiger partial charge is 0.274 e. The maximum absolute atomic E-state index is 13.4. The number of hydroxylamine groups is 1. The number of carbonyl (C=O) groups is 2. The van der Waals surface area contributed by atoms with Crippen molar-refractivity contribution in [2.75, 3.05) is 6.61 Å². The highest BCUT2D eigenvalue weighted by Gasteiger charge is 2.36. The Bertz CT molecular complexity index is 918. The molecule has 0 aliphatic carbocycles. The Kier molecular flexibility index (Phi) is 7.49. The highest BCUT2D eigenvalue weighted by molar-refractivity contribution is 7.59. The molecule has 0 aromatic heterocycles. The zero-order chi connectivity index (χ0) is 21.2. The van der Waals surface area contributed by atoms with Crippen LogP contribution in [-0.4, -0.2) is 34.6 Å². The van der Waals surface area contributed by atoms with Crippen LogP contribution in [0.1, 0.15) is 42.3 Å². The molecule has 2 aromatic carbocycles. The number of halogens is 1. The molecule has 0 radical (unpaired) electrons. The summed E-state index contributed by atoms with van der Waals surface area (Å²) < 4.78 is 19.0. The van der Waals surface area contributed by atoms with Gasteiger partial charge in [0.05, 0.1) is 6.04 Å². The zero-order valence-corrected chi connectivity index (χ0v) is 18.2. The van der Waals surface area contributed by atoms with E-state index in [1.54, 1.807) is 40.7 Å². The Labute approximate surface area is 182 Å². The maximum Gasteiger partial charge on any atom is 0.274 e. The van der Waals surface area contributed by atoms with Gasteiger partial charge in [0.1, 0.15) is 18.2 Å². The summed E-state index contributed by atoms with van der Waals surface area (Å²) in [5.74, 6) is -0.434. The van der Waals surface area contributed by atoms with E-state index in [1.165, 1.54) is 12.1 Å². The Morgan fingerprint density at radius 3 is 2.53 bits per heavy atom. The lowest BCUT2D eigenvalue weighted by molar-refractivity contribution is -0.143. The zero-order valence-electron chi connectivity index (χ0n) is 17.2. The van der Waals surface area contributed by atoms with Crippen molar-refractivity contribution in [3.8, 4) is 5.75 Å². The number of rotatable bonds is 4. The van der Waals surface area contributed by atoms with Crippen molar-refractivity contribution in [2.45, 2.75) is 39.8 Å². The van der Waals surface area contributed by atoms with Crippen molar-refractivity contribution < 1.29 is 23.9 Å². The van der Waals surface area contributed by atoms with Crippen molar-refractivity contribution in [1.29, 1.82) is 0 Å². The molecular weight excluding hydrogens is 407 g/mol. The van der Waals surface area contributed by atoms with Crippen LogP contribution in [0.2, 0.25) is 0 Å². The van der Waals surface area contributed by atoms with Crippen LogP contribution in [0, 0.1) is 11.2 Å². The summed E-state index contributed by atoms with van der Waals surface area (Å²) in [4.78, 5) is 26.8. The molecule has 8 heteroatoms. The molecule has 30 heavy (non-hydrogen) atoms. The molecule has 2 N–H and O–H groups in total. The molecule has 162 valence electrons. The van der Waals surface area contributed by atoms with Crippen LogP contribution < -0.4 is 10.2 Å². The minimum absolute atomic E-state index is 0. The number of nitrogens with one attached hydrogen (secondary N) is 1. The van der Waals surface area contributed by atoms with Gasteiger partial charge in [-0.25, -0.2) is 9.87 Å². The Morgan fingerprint density at radius 1 is 1.23 bits per heavy atom. The fraction of sp³-hybridized carbons (Fsp3) is 0.364. The molecule has 6 nitrogen and oxygen atoms in total. The number of hydrogen-bond acceptors (Lipinski definition) is 4. The van der Waals surface area contributed by atoms with Crippen LogP contribution in [0.5, 0.6) is 5.75 Å². The average Bonchev–Trinajstić information content (AvgIpc) is 2.86. The van der Waals surface area contributed by atoms with Gasteiger partial charge < -0.3 is 9.64 Å². The number of fused-ring (bicyclic) bond motifs is 1. The first-order valence-corrected chi connectivity index (χ1v) is 9.47. The molecule has 0 saturated heterocycles. The molecule has 0 saturated carbocycles. The monoisotopic (exact) mass is 434 g/mol. The van der Waals surface area contributed by atoms with Gasteiger partial charge >= 0.3 is 0 Å². The molecule has 3 rings (SSSR count). The molecule has 1 aliphatic rings. The lowest BCUT2D eigenvalue weighted by Crippen LogP contribution is -2.47. The molecule has 0 spiro atoms. The topological polar surface area (TPSA) is 78.9 Å². The SMILES string of the molecule is C[C@H]1COc2cc(C(=O)NO)ccc2CN1C(=O)C(C)(C)Cc1ccc(F)cc1.S. The van der Waals surface area contributed by atoms with E-state index >= 15 is 0 Å². The highest BCUT2D eigenvalue weighted by Crippen LogP contribution is 2.31. The van der Waals surface area contributed by atoms with Gasteiger partial charge in [-0.15, -0.1) is 0 Å². The third kappa shape index (κ3) is 5.12. The molecule has 2 amide bonds. The third-order valence-electron chi connectivity index (χ3n) is 5.18. The van der Waals surface area contributed by atoms with Gasteiger partial charge in [-0.1, -0.05) is 32.0 Å². The van der Waals surface area contributed by atoms with Gasteiger partial charge in [-0.2, -0.15) is 13.5 Å². The van der Waals surface area contributed by atoms with E-state index in [0.29, 0.717) is 18.7 Å². The lowest BCUT2D eigenvalue weighted by Gasteiger charge is -2.34. The van der Waals surface area contributed by atoms with E-state index in [1.807, 2.05) is 20.8 Å². The number of hydrogen-bond donors (Lipinski definition) is 2. The van der Waals surface area contributed by atoms with Crippen LogP contribution in [0.25, 0.3) is 0 Å². The molecule has 1 aliphatic heterocycles. The van der Waals surface area contributed by atoms with Crippen molar-refractivity contribution >= 4 is 25.3 Å². The highest BCUT2D eigenvalue weighted by atomic mass is 32.1. The number of amides is 2. The summed E-state index contributed by atoms with van der Waals surface area (Å²) in [7, 11) is 0. The first-order valence-electron chi connectivity index (χ1n) is 9.47. The predicted octanol–water partition coefficient (Wildman–Crippen LogP) is 3.44. The summed E-state index contributed by atoms with van der Waals surface area (Å²) >= 11 is 0. The van der Waals surface area contributed by atoms with Crippen molar-refractivity contribution in [3.05, 3.63) is 65.0 Å². The van der Waals surface area contributed by atoms with Crippen LogP contribution >= 0.6 is 13.5 Å². The molecule has 0 fully saturated rings. The molecule has 0 bridgehead atoms. The van der Waals surface area contributed by atoms with Gasteiger partial charge in [0.2, 0.25) is 5.91 Å². The fourth-order valence-corrected chi connectivity index (χ4v) is 3.51. The lowest BCUT2D eigenvalue weighted by atomic mass is 9.83. The standard InChI is InChI=1S/C22H25FN2O4.H2S/c1-14-13-29-19-10-16(20(26)24-28)6-7-17(19)12-25(14)21(27)22(2,3)11-15-4-8-18(23)9-5-15;/h4-10,14,28H,11-13H2,1-3H3,(H,24,26);1H2/t14-;/m0./s1. The first kappa shape index (κ1) is 23.7. The van der Waals surface area contributed by atoms with Gasteiger partial charge in [0.25, 0.3) is 5.91 Å². The fourth-order valence-electron chi connectivity index (χ4n) is 3.51. The van der Waals surface area contributed by atoms with Gasteiger partial charge in [-0.05, 0) is 43.2 Å². The normalized spacial score (nSPS) is 15.9. The molecular formula is C22H27FN2O4S. The van der Waals surface area contributed by atoms with E-state index in [9.17, 15) is 14.0 Å². The Morgan fingerprint density at radius 2 is 1.90 bits per heavy atom. The minimum Gasteiger partial charge on any atom is -0.491 e. The number of nitrogens with zero attached hydrogens (tertiary/aromatic N) is 1. The van der Waals surface area contributed by atoms with Crippen LogP contribution in [0.3, 0.4) is 0 Å². The molecule has 1 atom stereocenters. The Balaban J connectivity index is 0.00000320. The van der Waals surface area contributed by atoms with Crippen molar-refractivity contribution in [2.24, 2.45) is 5.41 Å². The van der Waals surface area contributed by atoms with E-state index in [-0.39, 0.29) is 43.4 Å². The van der Waals surface area contributed by atoms with Crippen molar-refractivity contribution in [1.82, 2.24) is 10.4 Å². The van der Waals surface area contributed by atoms with E-state index in [0.717, 1.165) is 11.1 Å². The summed E-state index contributed by atoms with van der Waals surface area (Å²) in [5.41, 5.74) is 2.87. The largest absolute Gasteiger partial charge is 0.491 e. The van der Waals surface area contributed by atoms with Crippen LogP contribution in [0.4, 0.5) is 4.39 Å². The maximum atomic E-state index is 13.4. The summed E-state index contributed by atoms with van der Waals surface area (Å²) in [6.07, 6.45) is 0.485. The Hall–Kier alpha value is -2.58. The number of ether oxygens (including phenoxy) is 1. The third-order valence-corrected chi connectivity index (χ3v) is 5.18. The second kappa shape index (κ2) is 9.49. The van der Waals surface area contributed by atoms with E-state index in [2.05, 4.69) is 0 Å². The van der Waals surface area contributed by atoms with E-state index in [4.69, 9.17) is 9.94 Å². The second-order valence-corrected chi connectivity index (χ2v) is 8.04. The van der Waals surface area contributed by atoms with Crippen molar-refractivity contribution in [3.63, 3.8) is 0 Å². The first-order chi connectivity index (χ1) is 13.7. The summed E-state index contributed by atoms with van der Waals surface area (Å²) in [6, 6.07) is 10.9. The van der Waals surface area contributed by atoms with Crippen LogP contribution in [-0.2, 0) is 17.8 Å². The molecule has 2 aromatic rings. The number of benzene rings is 2. The quantitative estimate of drug-likeness (QED) is 0.571. The average molecular weight is 435 g/mol. The van der Waals surface area contributed by atoms with Crippen LogP contribution in [0.15, 0.2) is 42.5 Å². The van der Waals surface area contributed by atoms with Gasteiger partial charge in [0, 0.05) is 23.1 Å². The molecule has 0 unspecified atom stereocenters. The predicted molar refractivity (Wildman–Crippen MR) is 115 cm³/mol. The van der Waals surface area contributed by atoms with Gasteiger partial charge in [0.15, 0.2) is 0 Å². The van der Waals surface area contributed by atoms with E-state index < -0.39 is 11.3 Å². The van der Waals surface area contributed by atoms with Gasteiger partial charge in [-0.3, -0.25) is 14.8 Å². The summed E-state index contributed by atoms with van der Waals surface area (Å²) in [6.45, 7) is 6.32. The second-order valence-electron chi connectivity index (χ2n) is 8.04. The molecule has 1 heterocycles. The summed E-state index contributed by atoms with van der Waals surface area (Å²) in [5, 5.41) is 8.82. The minimum atomic E-state index is -0.687.